The number of rotatable bonds is 8. The van der Waals surface area contributed by atoms with Crippen molar-refractivity contribution in [2.24, 2.45) is 0 Å². The van der Waals surface area contributed by atoms with Crippen LogP contribution in [0, 0.1) is 0 Å². The van der Waals surface area contributed by atoms with Crippen molar-refractivity contribution in [1.29, 1.82) is 0 Å². The van der Waals surface area contributed by atoms with E-state index in [-0.39, 0.29) is 11.9 Å². The van der Waals surface area contributed by atoms with Gasteiger partial charge in [0.05, 0.1) is 32.1 Å². The van der Waals surface area contributed by atoms with Gasteiger partial charge in [0.25, 0.3) is 0 Å². The molecule has 1 unspecified atom stereocenters. The number of aromatic nitrogens is 3. The molecule has 7 heteroatoms. The van der Waals surface area contributed by atoms with Crippen LogP contribution in [0.4, 0.5) is 0 Å². The lowest BCUT2D eigenvalue weighted by Crippen LogP contribution is -2.32. The standard InChI is InChI=1S/C20H21BrN4O2/c1-27-19-9-8-17(21)13-16(19)7-10-20(26)24-18(14-25-22-11-12-23-25)15-5-3-2-4-6-15/h2-6,8-9,11-13,18H,7,10,14H2,1H3,(H,24,26). The van der Waals surface area contributed by atoms with E-state index in [1.807, 2.05) is 48.5 Å². The highest BCUT2D eigenvalue weighted by atomic mass is 79.9. The van der Waals surface area contributed by atoms with Gasteiger partial charge in [0, 0.05) is 10.9 Å². The fourth-order valence-electron chi connectivity index (χ4n) is 2.88. The highest BCUT2D eigenvalue weighted by molar-refractivity contribution is 9.10. The number of halogens is 1. The Morgan fingerprint density at radius 3 is 2.63 bits per heavy atom. The lowest BCUT2D eigenvalue weighted by atomic mass is 10.1. The van der Waals surface area contributed by atoms with Crippen LogP contribution < -0.4 is 10.1 Å². The molecule has 1 N–H and O–H groups in total. The molecule has 0 radical (unpaired) electrons. The van der Waals surface area contributed by atoms with Crippen molar-refractivity contribution in [3.8, 4) is 5.75 Å². The molecule has 0 aliphatic carbocycles. The van der Waals surface area contributed by atoms with Gasteiger partial charge in [-0.1, -0.05) is 46.3 Å². The van der Waals surface area contributed by atoms with Crippen molar-refractivity contribution in [3.05, 3.63) is 76.5 Å². The van der Waals surface area contributed by atoms with Gasteiger partial charge in [0.1, 0.15) is 5.75 Å². The van der Waals surface area contributed by atoms with E-state index >= 15 is 0 Å². The smallest absolute Gasteiger partial charge is 0.220 e. The maximum atomic E-state index is 12.6. The highest BCUT2D eigenvalue weighted by Crippen LogP contribution is 2.24. The van der Waals surface area contributed by atoms with Gasteiger partial charge in [-0.15, -0.1) is 0 Å². The summed E-state index contributed by atoms with van der Waals surface area (Å²) in [6.45, 7) is 0.475. The molecule has 1 heterocycles. The Bertz CT molecular complexity index is 869. The summed E-state index contributed by atoms with van der Waals surface area (Å²) in [6.07, 6.45) is 4.21. The normalized spacial score (nSPS) is 11.8. The molecular weight excluding hydrogens is 408 g/mol. The molecule has 0 spiro atoms. The first-order valence-corrected chi connectivity index (χ1v) is 9.46. The number of hydrogen-bond acceptors (Lipinski definition) is 4. The third-order valence-electron chi connectivity index (χ3n) is 4.21. The summed E-state index contributed by atoms with van der Waals surface area (Å²) >= 11 is 3.46. The first kappa shape index (κ1) is 19.1. The number of nitrogens with one attached hydrogen (secondary N) is 1. The number of nitrogens with zero attached hydrogens (tertiary/aromatic N) is 3. The summed E-state index contributed by atoms with van der Waals surface area (Å²) in [5, 5.41) is 11.4. The van der Waals surface area contributed by atoms with Crippen LogP contribution in [0.15, 0.2) is 65.4 Å². The van der Waals surface area contributed by atoms with E-state index in [2.05, 4.69) is 31.4 Å². The molecule has 3 aromatic rings. The van der Waals surface area contributed by atoms with E-state index < -0.39 is 0 Å². The summed E-state index contributed by atoms with van der Waals surface area (Å²) in [5.41, 5.74) is 2.01. The van der Waals surface area contributed by atoms with E-state index in [0.29, 0.717) is 19.4 Å². The van der Waals surface area contributed by atoms with E-state index in [1.54, 1.807) is 24.3 Å². The molecule has 0 bridgehead atoms. The maximum Gasteiger partial charge on any atom is 0.220 e. The Labute approximate surface area is 166 Å². The number of benzene rings is 2. The van der Waals surface area contributed by atoms with Crippen LogP contribution in [0.3, 0.4) is 0 Å². The molecule has 0 aliphatic rings. The summed E-state index contributed by atoms with van der Waals surface area (Å²) < 4.78 is 6.34. The molecule has 6 nitrogen and oxygen atoms in total. The number of methoxy groups -OCH3 is 1. The number of carbonyl (C=O) groups is 1. The number of hydrogen-bond donors (Lipinski definition) is 1. The fraction of sp³-hybridized carbons (Fsp3) is 0.250. The molecule has 2 aromatic carbocycles. The maximum absolute atomic E-state index is 12.6. The van der Waals surface area contributed by atoms with Gasteiger partial charge in [-0.25, -0.2) is 0 Å². The van der Waals surface area contributed by atoms with Gasteiger partial charge < -0.3 is 10.1 Å². The van der Waals surface area contributed by atoms with Gasteiger partial charge in [-0.3, -0.25) is 4.79 Å². The first-order valence-electron chi connectivity index (χ1n) is 8.66. The van der Waals surface area contributed by atoms with Crippen molar-refractivity contribution in [2.45, 2.75) is 25.4 Å². The van der Waals surface area contributed by atoms with E-state index in [1.165, 1.54) is 0 Å². The predicted octanol–water partition coefficient (Wildman–Crippen LogP) is 3.54. The molecular formula is C20H21BrN4O2. The second-order valence-corrected chi connectivity index (χ2v) is 6.99. The zero-order chi connectivity index (χ0) is 19.1. The Kier molecular flexibility index (Phi) is 6.59. The summed E-state index contributed by atoms with van der Waals surface area (Å²) in [6, 6.07) is 15.4. The van der Waals surface area contributed by atoms with Crippen LogP contribution in [-0.2, 0) is 17.8 Å². The Morgan fingerprint density at radius 2 is 1.93 bits per heavy atom. The third-order valence-corrected chi connectivity index (χ3v) is 4.71. The average molecular weight is 429 g/mol. The van der Waals surface area contributed by atoms with Crippen molar-refractivity contribution in [1.82, 2.24) is 20.3 Å². The summed E-state index contributed by atoms with van der Waals surface area (Å²) in [5.74, 6) is 0.754. The van der Waals surface area contributed by atoms with Crippen LogP contribution in [0.25, 0.3) is 0 Å². The zero-order valence-corrected chi connectivity index (χ0v) is 16.6. The van der Waals surface area contributed by atoms with Crippen LogP contribution in [0.1, 0.15) is 23.6 Å². The van der Waals surface area contributed by atoms with Crippen LogP contribution >= 0.6 is 15.9 Å². The highest BCUT2D eigenvalue weighted by Gasteiger charge is 2.16. The number of carbonyl (C=O) groups excluding carboxylic acids is 1. The number of amides is 1. The molecule has 0 saturated carbocycles. The van der Waals surface area contributed by atoms with Gasteiger partial charge in [0.2, 0.25) is 5.91 Å². The summed E-state index contributed by atoms with van der Waals surface area (Å²) in [7, 11) is 1.63. The Hall–Kier alpha value is -2.67. The molecule has 27 heavy (non-hydrogen) atoms. The van der Waals surface area contributed by atoms with E-state index in [0.717, 1.165) is 21.3 Å². The summed E-state index contributed by atoms with van der Waals surface area (Å²) in [4.78, 5) is 14.2. The number of aryl methyl sites for hydroxylation is 1. The monoisotopic (exact) mass is 428 g/mol. The van der Waals surface area contributed by atoms with Gasteiger partial charge in [-0.05, 0) is 35.7 Å². The molecule has 0 aliphatic heterocycles. The topological polar surface area (TPSA) is 69.0 Å². The van der Waals surface area contributed by atoms with Crippen molar-refractivity contribution in [3.63, 3.8) is 0 Å². The van der Waals surface area contributed by atoms with E-state index in [9.17, 15) is 4.79 Å². The second kappa shape index (κ2) is 9.32. The van der Waals surface area contributed by atoms with Crippen LogP contribution in [0.5, 0.6) is 5.75 Å². The molecule has 0 saturated heterocycles. The zero-order valence-electron chi connectivity index (χ0n) is 15.0. The van der Waals surface area contributed by atoms with Crippen molar-refractivity contribution >= 4 is 21.8 Å². The molecule has 1 aromatic heterocycles. The fourth-order valence-corrected chi connectivity index (χ4v) is 3.29. The molecule has 140 valence electrons. The minimum atomic E-state index is -0.199. The SMILES string of the molecule is COc1ccc(Br)cc1CCC(=O)NC(Cn1nccn1)c1ccccc1. The quantitative estimate of drug-likeness (QED) is 0.595. The second-order valence-electron chi connectivity index (χ2n) is 6.07. The third kappa shape index (κ3) is 5.40. The molecule has 1 atom stereocenters. The molecule has 3 rings (SSSR count). The lowest BCUT2D eigenvalue weighted by Gasteiger charge is -2.19. The van der Waals surface area contributed by atoms with Crippen LogP contribution in [0.2, 0.25) is 0 Å². The van der Waals surface area contributed by atoms with Crippen LogP contribution in [-0.4, -0.2) is 28.0 Å². The first-order chi connectivity index (χ1) is 13.2. The largest absolute Gasteiger partial charge is 0.496 e. The van der Waals surface area contributed by atoms with E-state index in [4.69, 9.17) is 4.74 Å². The minimum Gasteiger partial charge on any atom is -0.496 e. The van der Waals surface area contributed by atoms with Gasteiger partial charge >= 0.3 is 0 Å². The van der Waals surface area contributed by atoms with Gasteiger partial charge in [0.15, 0.2) is 0 Å². The Balaban J connectivity index is 1.67. The molecule has 0 fully saturated rings. The van der Waals surface area contributed by atoms with Gasteiger partial charge in [-0.2, -0.15) is 15.0 Å². The Morgan fingerprint density at radius 1 is 1.19 bits per heavy atom. The number of ether oxygens (including phenoxy) is 1. The van der Waals surface area contributed by atoms with Crippen molar-refractivity contribution in [2.75, 3.05) is 7.11 Å². The predicted molar refractivity (Wildman–Crippen MR) is 106 cm³/mol. The van der Waals surface area contributed by atoms with Crippen molar-refractivity contribution < 1.29 is 9.53 Å². The molecule has 1 amide bonds. The minimum absolute atomic E-state index is 0.0296. The average Bonchev–Trinajstić information content (AvgIpc) is 3.20. The lowest BCUT2D eigenvalue weighted by molar-refractivity contribution is -0.121.